The molecule has 1 unspecified atom stereocenters. The Kier molecular flexibility index (Phi) is 5.04. The van der Waals surface area contributed by atoms with Crippen LogP contribution in [0.3, 0.4) is 0 Å². The number of hydrogen-bond donors (Lipinski definition) is 0. The Balaban J connectivity index is 3.38. The standard InChI is InChI=1S/C5H9Cl3O/c1-3(2)9-5(8)4(6)7/h3-5H,1-2H3. The SMILES string of the molecule is CC(C)OC(Cl)C(Cl)Cl. The Morgan fingerprint density at radius 2 is 1.56 bits per heavy atom. The molecule has 0 amide bonds. The third-order valence-corrected chi connectivity index (χ3v) is 1.67. The van der Waals surface area contributed by atoms with Gasteiger partial charge in [-0.15, -0.1) is 23.2 Å². The van der Waals surface area contributed by atoms with Gasteiger partial charge in [-0.25, -0.2) is 0 Å². The van der Waals surface area contributed by atoms with Crippen molar-refractivity contribution in [2.75, 3.05) is 0 Å². The van der Waals surface area contributed by atoms with Crippen molar-refractivity contribution >= 4 is 34.8 Å². The largest absolute Gasteiger partial charge is 0.357 e. The first-order valence-electron chi connectivity index (χ1n) is 2.61. The van der Waals surface area contributed by atoms with Crippen LogP contribution in [0.2, 0.25) is 0 Å². The maximum Gasteiger partial charge on any atom is 0.161 e. The molecule has 0 N–H and O–H groups in total. The molecule has 0 rings (SSSR count). The predicted molar refractivity (Wildman–Crippen MR) is 41.4 cm³/mol. The maximum atomic E-state index is 5.52. The van der Waals surface area contributed by atoms with Crippen molar-refractivity contribution in [3.63, 3.8) is 0 Å². The number of ether oxygens (including phenoxy) is 1. The van der Waals surface area contributed by atoms with Crippen molar-refractivity contribution in [3.8, 4) is 0 Å². The Hall–Kier alpha value is 0.830. The fourth-order valence-corrected chi connectivity index (χ4v) is 0.644. The highest BCUT2D eigenvalue weighted by Crippen LogP contribution is 2.16. The smallest absolute Gasteiger partial charge is 0.161 e. The summed E-state index contributed by atoms with van der Waals surface area (Å²) >= 11 is 16.3. The van der Waals surface area contributed by atoms with Crippen molar-refractivity contribution in [1.29, 1.82) is 0 Å². The van der Waals surface area contributed by atoms with Gasteiger partial charge < -0.3 is 4.74 Å². The van der Waals surface area contributed by atoms with E-state index in [2.05, 4.69) is 0 Å². The van der Waals surface area contributed by atoms with Gasteiger partial charge in [0.1, 0.15) is 4.84 Å². The number of alkyl halides is 3. The summed E-state index contributed by atoms with van der Waals surface area (Å²) in [6.07, 6.45) is 0.0625. The Labute approximate surface area is 70.2 Å². The minimum absolute atomic E-state index is 0.0625. The average molecular weight is 191 g/mol. The van der Waals surface area contributed by atoms with Gasteiger partial charge in [0.15, 0.2) is 5.56 Å². The van der Waals surface area contributed by atoms with E-state index >= 15 is 0 Å². The van der Waals surface area contributed by atoms with Crippen LogP contribution in [0, 0.1) is 0 Å². The van der Waals surface area contributed by atoms with Gasteiger partial charge in [-0.3, -0.25) is 0 Å². The topological polar surface area (TPSA) is 9.23 Å². The van der Waals surface area contributed by atoms with Crippen LogP contribution in [0.15, 0.2) is 0 Å². The molecule has 9 heavy (non-hydrogen) atoms. The molecule has 4 heteroatoms. The third-order valence-electron chi connectivity index (χ3n) is 0.600. The molecule has 56 valence electrons. The van der Waals surface area contributed by atoms with E-state index in [0.29, 0.717) is 0 Å². The van der Waals surface area contributed by atoms with E-state index in [1.54, 1.807) is 0 Å². The molecule has 0 saturated heterocycles. The molecule has 0 aliphatic heterocycles. The first-order valence-corrected chi connectivity index (χ1v) is 3.92. The molecular weight excluding hydrogens is 182 g/mol. The summed E-state index contributed by atoms with van der Waals surface area (Å²) in [6, 6.07) is 0. The van der Waals surface area contributed by atoms with E-state index in [4.69, 9.17) is 39.5 Å². The molecule has 0 aliphatic carbocycles. The van der Waals surface area contributed by atoms with Crippen LogP contribution in [-0.2, 0) is 4.74 Å². The van der Waals surface area contributed by atoms with Gasteiger partial charge in [0, 0.05) is 0 Å². The lowest BCUT2D eigenvalue weighted by atomic mass is 10.5. The van der Waals surface area contributed by atoms with Crippen LogP contribution in [0.25, 0.3) is 0 Å². The highest BCUT2D eigenvalue weighted by atomic mass is 35.5. The predicted octanol–water partition coefficient (Wildman–Crippen LogP) is 2.78. The van der Waals surface area contributed by atoms with Crippen LogP contribution in [0.1, 0.15) is 13.8 Å². The number of hydrogen-bond acceptors (Lipinski definition) is 1. The van der Waals surface area contributed by atoms with Gasteiger partial charge in [0.2, 0.25) is 0 Å². The van der Waals surface area contributed by atoms with Crippen LogP contribution < -0.4 is 0 Å². The highest BCUT2D eigenvalue weighted by Gasteiger charge is 2.14. The van der Waals surface area contributed by atoms with E-state index in [-0.39, 0.29) is 6.10 Å². The van der Waals surface area contributed by atoms with Crippen LogP contribution in [-0.4, -0.2) is 16.5 Å². The van der Waals surface area contributed by atoms with Crippen molar-refractivity contribution in [2.45, 2.75) is 30.4 Å². The van der Waals surface area contributed by atoms with Crippen molar-refractivity contribution in [1.82, 2.24) is 0 Å². The number of halogens is 3. The fraction of sp³-hybridized carbons (Fsp3) is 1.00. The monoisotopic (exact) mass is 190 g/mol. The van der Waals surface area contributed by atoms with Crippen LogP contribution in [0.5, 0.6) is 0 Å². The molecular formula is C5H9Cl3O. The Bertz CT molecular complexity index is 74.6. The molecule has 0 aliphatic rings. The van der Waals surface area contributed by atoms with Gasteiger partial charge in [0.25, 0.3) is 0 Å². The lowest BCUT2D eigenvalue weighted by Gasteiger charge is -2.13. The van der Waals surface area contributed by atoms with Crippen LogP contribution >= 0.6 is 34.8 Å². The third kappa shape index (κ3) is 5.28. The molecule has 0 saturated carbocycles. The van der Waals surface area contributed by atoms with E-state index in [1.807, 2.05) is 13.8 Å². The zero-order valence-corrected chi connectivity index (χ0v) is 7.54. The number of rotatable bonds is 3. The molecule has 0 aromatic heterocycles. The van der Waals surface area contributed by atoms with E-state index in [1.165, 1.54) is 0 Å². The summed E-state index contributed by atoms with van der Waals surface area (Å²) in [5.74, 6) is 0. The minimum Gasteiger partial charge on any atom is -0.357 e. The quantitative estimate of drug-likeness (QED) is 0.624. The van der Waals surface area contributed by atoms with E-state index < -0.39 is 10.4 Å². The molecule has 1 atom stereocenters. The molecule has 0 heterocycles. The first kappa shape index (κ1) is 9.83. The zero-order valence-electron chi connectivity index (χ0n) is 5.27. The fourth-order valence-electron chi connectivity index (χ4n) is 0.319. The second kappa shape index (κ2) is 4.62. The Morgan fingerprint density at radius 3 is 1.67 bits per heavy atom. The second-order valence-electron chi connectivity index (χ2n) is 1.87. The molecule has 0 fully saturated rings. The molecule has 0 aromatic carbocycles. The minimum atomic E-state index is -0.658. The van der Waals surface area contributed by atoms with Crippen molar-refractivity contribution in [2.24, 2.45) is 0 Å². The van der Waals surface area contributed by atoms with Gasteiger partial charge in [-0.1, -0.05) is 11.6 Å². The van der Waals surface area contributed by atoms with E-state index in [0.717, 1.165) is 0 Å². The lowest BCUT2D eigenvalue weighted by Crippen LogP contribution is -2.17. The molecule has 0 aromatic rings. The summed E-state index contributed by atoms with van der Waals surface area (Å²) in [5.41, 5.74) is -0.603. The molecule has 0 spiro atoms. The molecule has 0 bridgehead atoms. The molecule has 1 nitrogen and oxygen atoms in total. The van der Waals surface area contributed by atoms with E-state index in [9.17, 15) is 0 Å². The summed E-state index contributed by atoms with van der Waals surface area (Å²) in [5, 5.41) is 0. The first-order chi connectivity index (χ1) is 4.04. The summed E-state index contributed by atoms with van der Waals surface area (Å²) in [7, 11) is 0. The van der Waals surface area contributed by atoms with Gasteiger partial charge in [0.05, 0.1) is 6.10 Å². The summed E-state index contributed by atoms with van der Waals surface area (Å²) < 4.78 is 5.01. The summed E-state index contributed by atoms with van der Waals surface area (Å²) in [4.78, 5) is -0.658. The van der Waals surface area contributed by atoms with Gasteiger partial charge in [-0.05, 0) is 13.8 Å². The second-order valence-corrected chi connectivity index (χ2v) is 3.46. The lowest BCUT2D eigenvalue weighted by molar-refractivity contribution is 0.0619. The van der Waals surface area contributed by atoms with Crippen molar-refractivity contribution in [3.05, 3.63) is 0 Å². The maximum absolute atomic E-state index is 5.52. The Morgan fingerprint density at radius 1 is 1.11 bits per heavy atom. The van der Waals surface area contributed by atoms with Crippen molar-refractivity contribution < 1.29 is 4.74 Å². The average Bonchev–Trinajstić information content (AvgIpc) is 1.63. The van der Waals surface area contributed by atoms with Gasteiger partial charge >= 0.3 is 0 Å². The molecule has 0 radical (unpaired) electrons. The van der Waals surface area contributed by atoms with Gasteiger partial charge in [-0.2, -0.15) is 0 Å². The van der Waals surface area contributed by atoms with Crippen LogP contribution in [0.4, 0.5) is 0 Å². The normalized spacial score (nSPS) is 15.0. The summed E-state index contributed by atoms with van der Waals surface area (Å²) in [6.45, 7) is 3.73. The highest BCUT2D eigenvalue weighted by molar-refractivity contribution is 6.48. The zero-order chi connectivity index (χ0) is 7.44.